The molecule has 0 spiro atoms. The summed E-state index contributed by atoms with van der Waals surface area (Å²) in [6, 6.07) is 12.9. The number of hydrogen-bond acceptors (Lipinski definition) is 4. The number of phenols is 1. The topological polar surface area (TPSA) is 73.3 Å². The van der Waals surface area contributed by atoms with Crippen LogP contribution in [0, 0.1) is 6.92 Å². The molecule has 2 aromatic carbocycles. The Balaban J connectivity index is 1.76. The first kappa shape index (κ1) is 12.2. The van der Waals surface area contributed by atoms with Crippen molar-refractivity contribution in [3.8, 4) is 5.75 Å². The van der Waals surface area contributed by atoms with E-state index >= 15 is 0 Å². The number of aromatic nitrogens is 2. The van der Waals surface area contributed by atoms with Gasteiger partial charge in [-0.15, -0.1) is 0 Å². The lowest BCUT2D eigenvalue weighted by atomic mass is 10.2. The number of H-pyrrole nitrogens is 1. The van der Waals surface area contributed by atoms with E-state index in [1.165, 1.54) is 5.56 Å². The summed E-state index contributed by atoms with van der Waals surface area (Å²) in [4.78, 5) is 7.52. The quantitative estimate of drug-likeness (QED) is 0.504. The molecule has 0 amide bonds. The Labute approximate surface area is 116 Å². The first-order chi connectivity index (χ1) is 9.70. The van der Waals surface area contributed by atoms with Crippen molar-refractivity contribution in [2.75, 3.05) is 5.43 Å². The van der Waals surface area contributed by atoms with Gasteiger partial charge in [-0.25, -0.2) is 10.4 Å². The number of rotatable bonds is 3. The zero-order valence-corrected chi connectivity index (χ0v) is 11.0. The molecule has 0 aliphatic heterocycles. The van der Waals surface area contributed by atoms with Crippen LogP contribution in [0.1, 0.15) is 11.1 Å². The molecule has 0 fully saturated rings. The van der Waals surface area contributed by atoms with Crippen LogP contribution >= 0.6 is 0 Å². The van der Waals surface area contributed by atoms with Crippen LogP contribution in [0.2, 0.25) is 0 Å². The largest absolute Gasteiger partial charge is 0.508 e. The first-order valence-corrected chi connectivity index (χ1v) is 6.25. The normalized spacial score (nSPS) is 11.2. The van der Waals surface area contributed by atoms with Crippen LogP contribution in [0.15, 0.2) is 47.6 Å². The Hall–Kier alpha value is -2.82. The van der Waals surface area contributed by atoms with Gasteiger partial charge in [-0.2, -0.15) is 5.10 Å². The van der Waals surface area contributed by atoms with Crippen molar-refractivity contribution in [2.24, 2.45) is 5.10 Å². The van der Waals surface area contributed by atoms with E-state index in [0.29, 0.717) is 5.95 Å². The van der Waals surface area contributed by atoms with Gasteiger partial charge in [0.15, 0.2) is 0 Å². The number of fused-ring (bicyclic) bond motifs is 1. The molecule has 100 valence electrons. The van der Waals surface area contributed by atoms with Crippen LogP contribution in [0.3, 0.4) is 0 Å². The lowest BCUT2D eigenvalue weighted by molar-refractivity contribution is 0.475. The maximum atomic E-state index is 9.35. The fourth-order valence-corrected chi connectivity index (χ4v) is 1.95. The molecule has 20 heavy (non-hydrogen) atoms. The van der Waals surface area contributed by atoms with Crippen LogP contribution < -0.4 is 5.43 Å². The predicted octanol–water partition coefficient (Wildman–Crippen LogP) is 3.02. The summed E-state index contributed by atoms with van der Waals surface area (Å²) in [7, 11) is 0. The number of hydrogen-bond donors (Lipinski definition) is 3. The highest BCUT2D eigenvalue weighted by Gasteiger charge is 2.01. The zero-order valence-electron chi connectivity index (χ0n) is 11.0. The smallest absolute Gasteiger partial charge is 0.222 e. The monoisotopic (exact) mass is 266 g/mol. The van der Waals surface area contributed by atoms with Gasteiger partial charge >= 0.3 is 0 Å². The second-order valence-corrected chi connectivity index (χ2v) is 4.57. The number of aromatic amines is 1. The lowest BCUT2D eigenvalue weighted by Gasteiger charge is -1.95. The van der Waals surface area contributed by atoms with E-state index in [1.54, 1.807) is 24.4 Å². The van der Waals surface area contributed by atoms with Crippen molar-refractivity contribution in [3.05, 3.63) is 53.6 Å². The highest BCUT2D eigenvalue weighted by atomic mass is 16.3. The van der Waals surface area contributed by atoms with Crippen molar-refractivity contribution in [2.45, 2.75) is 6.92 Å². The van der Waals surface area contributed by atoms with Gasteiger partial charge in [-0.3, -0.25) is 0 Å². The molecule has 0 radical (unpaired) electrons. The van der Waals surface area contributed by atoms with Crippen LogP contribution in [-0.4, -0.2) is 21.3 Å². The number of nitrogens with zero attached hydrogens (tertiary/aromatic N) is 2. The van der Waals surface area contributed by atoms with Gasteiger partial charge in [0.25, 0.3) is 0 Å². The van der Waals surface area contributed by atoms with E-state index in [2.05, 4.69) is 20.5 Å². The van der Waals surface area contributed by atoms with E-state index in [1.807, 2.05) is 31.2 Å². The number of hydrazone groups is 1. The molecule has 3 aromatic rings. The van der Waals surface area contributed by atoms with Crippen LogP contribution in [0.4, 0.5) is 5.95 Å². The van der Waals surface area contributed by atoms with Crippen LogP contribution in [-0.2, 0) is 0 Å². The number of aryl methyl sites for hydroxylation is 1. The van der Waals surface area contributed by atoms with Gasteiger partial charge in [0.1, 0.15) is 5.75 Å². The summed E-state index contributed by atoms with van der Waals surface area (Å²) in [5.74, 6) is 0.801. The Kier molecular flexibility index (Phi) is 3.09. The first-order valence-electron chi connectivity index (χ1n) is 6.25. The summed E-state index contributed by atoms with van der Waals surface area (Å²) < 4.78 is 0. The molecule has 1 aromatic heterocycles. The predicted molar refractivity (Wildman–Crippen MR) is 80.2 cm³/mol. The van der Waals surface area contributed by atoms with Crippen LogP contribution in [0.5, 0.6) is 5.75 Å². The fourth-order valence-electron chi connectivity index (χ4n) is 1.95. The molecular weight excluding hydrogens is 252 g/mol. The standard InChI is InChI=1S/C15H14N4O/c1-10-5-6-13-14(7-10)18-15(17-13)19-16-9-11-3-2-4-12(20)8-11/h2-9,20H,1H3,(H2,17,18,19)/b16-9-. The Morgan fingerprint density at radius 3 is 3.00 bits per heavy atom. The molecule has 3 rings (SSSR count). The molecule has 0 unspecified atom stereocenters. The molecule has 0 saturated heterocycles. The van der Waals surface area contributed by atoms with Crippen LogP contribution in [0.25, 0.3) is 11.0 Å². The zero-order chi connectivity index (χ0) is 13.9. The molecule has 0 aliphatic carbocycles. The third-order valence-electron chi connectivity index (χ3n) is 2.89. The second-order valence-electron chi connectivity index (χ2n) is 4.57. The molecule has 0 bridgehead atoms. The molecule has 5 nitrogen and oxygen atoms in total. The fraction of sp³-hybridized carbons (Fsp3) is 0.0667. The number of anilines is 1. The van der Waals surface area contributed by atoms with Crippen molar-refractivity contribution in [1.82, 2.24) is 9.97 Å². The molecule has 1 heterocycles. The Bertz CT molecular complexity index is 776. The lowest BCUT2D eigenvalue weighted by Crippen LogP contribution is -1.92. The van der Waals surface area contributed by atoms with Gasteiger partial charge < -0.3 is 10.1 Å². The van der Waals surface area contributed by atoms with Crippen molar-refractivity contribution in [1.29, 1.82) is 0 Å². The van der Waals surface area contributed by atoms with Gasteiger partial charge in [0.05, 0.1) is 17.2 Å². The average Bonchev–Trinajstić information content (AvgIpc) is 2.80. The minimum Gasteiger partial charge on any atom is -0.508 e. The molecule has 0 saturated carbocycles. The number of aromatic hydroxyl groups is 1. The Morgan fingerprint density at radius 1 is 1.25 bits per heavy atom. The number of benzene rings is 2. The molecule has 5 heteroatoms. The van der Waals surface area contributed by atoms with E-state index in [0.717, 1.165) is 16.6 Å². The average molecular weight is 266 g/mol. The number of phenolic OH excluding ortho intramolecular Hbond substituents is 1. The van der Waals surface area contributed by atoms with Crippen molar-refractivity contribution >= 4 is 23.2 Å². The molecule has 0 atom stereocenters. The van der Waals surface area contributed by atoms with E-state index in [4.69, 9.17) is 0 Å². The third-order valence-corrected chi connectivity index (χ3v) is 2.89. The van der Waals surface area contributed by atoms with Gasteiger partial charge in [0.2, 0.25) is 5.95 Å². The third kappa shape index (κ3) is 2.61. The van der Waals surface area contributed by atoms with E-state index in [-0.39, 0.29) is 5.75 Å². The minimum absolute atomic E-state index is 0.216. The SMILES string of the molecule is Cc1ccc2nc(N/N=C\c3cccc(O)c3)[nH]c2c1. The summed E-state index contributed by atoms with van der Waals surface area (Å²) >= 11 is 0. The number of imidazole rings is 1. The van der Waals surface area contributed by atoms with E-state index in [9.17, 15) is 5.11 Å². The highest BCUT2D eigenvalue weighted by Crippen LogP contribution is 2.15. The van der Waals surface area contributed by atoms with E-state index < -0.39 is 0 Å². The molecule has 3 N–H and O–H groups in total. The summed E-state index contributed by atoms with van der Waals surface area (Å²) in [5.41, 5.74) is 6.70. The van der Waals surface area contributed by atoms with Gasteiger partial charge in [0, 0.05) is 0 Å². The molecular formula is C15H14N4O. The second kappa shape index (κ2) is 5.05. The summed E-state index contributed by atoms with van der Waals surface area (Å²) in [5, 5.41) is 13.4. The Morgan fingerprint density at radius 2 is 2.15 bits per heavy atom. The maximum absolute atomic E-state index is 9.35. The summed E-state index contributed by atoms with van der Waals surface area (Å²) in [6.45, 7) is 2.04. The van der Waals surface area contributed by atoms with Crippen molar-refractivity contribution < 1.29 is 5.11 Å². The molecule has 0 aliphatic rings. The highest BCUT2D eigenvalue weighted by molar-refractivity contribution is 5.81. The number of nitrogens with one attached hydrogen (secondary N) is 2. The minimum atomic E-state index is 0.216. The summed E-state index contributed by atoms with van der Waals surface area (Å²) in [6.07, 6.45) is 1.62. The van der Waals surface area contributed by atoms with Crippen molar-refractivity contribution in [3.63, 3.8) is 0 Å². The van der Waals surface area contributed by atoms with Gasteiger partial charge in [-0.1, -0.05) is 18.2 Å². The maximum Gasteiger partial charge on any atom is 0.222 e. The van der Waals surface area contributed by atoms with Gasteiger partial charge in [-0.05, 0) is 42.3 Å².